The number of hydrogen-bond donors (Lipinski definition) is 1. The Bertz CT molecular complexity index is 777. The van der Waals surface area contributed by atoms with Gasteiger partial charge in [-0.25, -0.2) is 0 Å². The van der Waals surface area contributed by atoms with Gasteiger partial charge in [0.05, 0.1) is 6.04 Å². The summed E-state index contributed by atoms with van der Waals surface area (Å²) in [7, 11) is 0. The molecule has 138 valence electrons. The molecule has 0 saturated heterocycles. The standard InChI is InChI=1S/C21H27N3O2/c1-2-14-24-18(10-13-22-24)20(25)23-17-15-21(11-6-3-7-12-21)26-19-9-5-4-8-16(17)19/h4-5,8-10,13,17H,2-3,6-7,11-12,14-15H2,1H3,(H,23,25). The zero-order valence-electron chi connectivity index (χ0n) is 15.4. The quantitative estimate of drug-likeness (QED) is 0.894. The van der Waals surface area contributed by atoms with Crippen LogP contribution in [0.25, 0.3) is 0 Å². The summed E-state index contributed by atoms with van der Waals surface area (Å²) < 4.78 is 8.24. The van der Waals surface area contributed by atoms with Crippen LogP contribution in [0, 0.1) is 0 Å². The van der Waals surface area contributed by atoms with Gasteiger partial charge >= 0.3 is 0 Å². The monoisotopic (exact) mass is 353 g/mol. The minimum Gasteiger partial charge on any atom is -0.487 e. The average molecular weight is 353 g/mol. The lowest BCUT2D eigenvalue weighted by Gasteiger charge is -2.44. The van der Waals surface area contributed by atoms with Gasteiger partial charge in [-0.1, -0.05) is 31.5 Å². The highest BCUT2D eigenvalue weighted by Crippen LogP contribution is 2.46. The maximum absolute atomic E-state index is 12.9. The van der Waals surface area contributed by atoms with E-state index >= 15 is 0 Å². The van der Waals surface area contributed by atoms with Gasteiger partial charge in [0.25, 0.3) is 5.91 Å². The molecular weight excluding hydrogens is 326 g/mol. The number of nitrogens with zero attached hydrogens (tertiary/aromatic N) is 2. The molecule has 1 amide bonds. The molecule has 1 N–H and O–H groups in total. The highest BCUT2D eigenvalue weighted by molar-refractivity contribution is 5.92. The minimum atomic E-state index is -0.131. The molecule has 26 heavy (non-hydrogen) atoms. The molecule has 1 fully saturated rings. The number of aryl methyl sites for hydroxylation is 1. The van der Waals surface area contributed by atoms with Gasteiger partial charge in [0.2, 0.25) is 0 Å². The summed E-state index contributed by atoms with van der Waals surface area (Å²) >= 11 is 0. The number of nitrogens with one attached hydrogen (secondary N) is 1. The van der Waals surface area contributed by atoms with Gasteiger partial charge in [-0.15, -0.1) is 0 Å². The summed E-state index contributed by atoms with van der Waals surface area (Å²) in [5.74, 6) is 0.872. The van der Waals surface area contributed by atoms with E-state index in [4.69, 9.17) is 4.74 Å². The van der Waals surface area contributed by atoms with E-state index in [2.05, 4.69) is 23.4 Å². The van der Waals surface area contributed by atoms with E-state index in [0.717, 1.165) is 43.5 Å². The summed E-state index contributed by atoms with van der Waals surface area (Å²) in [4.78, 5) is 12.9. The Morgan fingerprint density at radius 2 is 2.08 bits per heavy atom. The number of benzene rings is 1. The number of hydrogen-bond acceptors (Lipinski definition) is 3. The Kier molecular flexibility index (Phi) is 4.70. The Balaban J connectivity index is 1.60. The average Bonchev–Trinajstić information content (AvgIpc) is 3.11. The summed E-state index contributed by atoms with van der Waals surface area (Å²) in [6, 6.07) is 9.91. The first-order chi connectivity index (χ1) is 12.7. The number of amides is 1. The van der Waals surface area contributed by atoms with Gasteiger partial charge < -0.3 is 10.1 Å². The van der Waals surface area contributed by atoms with Gasteiger partial charge in [0.15, 0.2) is 0 Å². The Morgan fingerprint density at radius 3 is 2.88 bits per heavy atom. The van der Waals surface area contributed by atoms with Crippen molar-refractivity contribution >= 4 is 5.91 Å². The van der Waals surface area contributed by atoms with Crippen molar-refractivity contribution in [3.05, 3.63) is 47.8 Å². The maximum Gasteiger partial charge on any atom is 0.270 e. The first-order valence-corrected chi connectivity index (χ1v) is 9.81. The molecule has 0 radical (unpaired) electrons. The van der Waals surface area contributed by atoms with Crippen LogP contribution < -0.4 is 10.1 Å². The molecule has 5 nitrogen and oxygen atoms in total. The van der Waals surface area contributed by atoms with E-state index in [1.165, 1.54) is 19.3 Å². The van der Waals surface area contributed by atoms with Crippen LogP contribution in [0.3, 0.4) is 0 Å². The maximum atomic E-state index is 12.9. The first kappa shape index (κ1) is 17.1. The number of carbonyl (C=O) groups excluding carboxylic acids is 1. The van der Waals surface area contributed by atoms with E-state index in [1.54, 1.807) is 16.9 Å². The number of rotatable bonds is 4. The second-order valence-electron chi connectivity index (χ2n) is 7.55. The third-order valence-electron chi connectivity index (χ3n) is 5.65. The molecule has 1 aromatic carbocycles. The van der Waals surface area contributed by atoms with E-state index in [0.29, 0.717) is 5.69 Å². The lowest BCUT2D eigenvalue weighted by molar-refractivity contribution is -0.00215. The number of aromatic nitrogens is 2. The van der Waals surface area contributed by atoms with Gasteiger partial charge in [0, 0.05) is 24.7 Å². The number of para-hydroxylation sites is 1. The van der Waals surface area contributed by atoms with Crippen LogP contribution in [-0.2, 0) is 6.54 Å². The zero-order chi connectivity index (χ0) is 18.0. The second kappa shape index (κ2) is 7.14. The SMILES string of the molecule is CCCn1nccc1C(=O)NC1CC2(CCCCC2)Oc2ccccc21. The lowest BCUT2D eigenvalue weighted by Crippen LogP contribution is -2.46. The molecule has 1 aromatic heterocycles. The van der Waals surface area contributed by atoms with Crippen LogP contribution in [-0.4, -0.2) is 21.3 Å². The fraction of sp³-hybridized carbons (Fsp3) is 0.524. The smallest absolute Gasteiger partial charge is 0.270 e. The number of fused-ring (bicyclic) bond motifs is 1. The number of carbonyl (C=O) groups is 1. The minimum absolute atomic E-state index is 0.0180. The molecule has 1 aliphatic heterocycles. The van der Waals surface area contributed by atoms with Crippen molar-refractivity contribution in [1.29, 1.82) is 0 Å². The van der Waals surface area contributed by atoms with Crippen molar-refractivity contribution in [3.8, 4) is 5.75 Å². The molecule has 1 saturated carbocycles. The molecule has 4 rings (SSSR count). The molecule has 1 unspecified atom stereocenters. The normalized spacial score (nSPS) is 21.0. The molecule has 2 heterocycles. The summed E-state index contributed by atoms with van der Waals surface area (Å²) in [5.41, 5.74) is 1.58. The van der Waals surface area contributed by atoms with Gasteiger partial charge in [-0.3, -0.25) is 9.48 Å². The van der Waals surface area contributed by atoms with Crippen LogP contribution in [0.2, 0.25) is 0 Å². The summed E-state index contributed by atoms with van der Waals surface area (Å²) in [5, 5.41) is 7.55. The number of ether oxygens (including phenoxy) is 1. The predicted octanol–water partition coefficient (Wildman–Crippen LogP) is 4.25. The van der Waals surface area contributed by atoms with E-state index in [1.807, 2.05) is 18.2 Å². The zero-order valence-corrected chi connectivity index (χ0v) is 15.4. The molecule has 0 bridgehead atoms. The molecule has 1 atom stereocenters. The van der Waals surface area contributed by atoms with Crippen LogP contribution in [0.15, 0.2) is 36.5 Å². The van der Waals surface area contributed by atoms with Crippen molar-refractivity contribution in [2.24, 2.45) is 0 Å². The highest BCUT2D eigenvalue weighted by Gasteiger charge is 2.42. The topological polar surface area (TPSA) is 56.2 Å². The molecule has 2 aromatic rings. The van der Waals surface area contributed by atoms with Gasteiger partial charge in [-0.2, -0.15) is 5.10 Å². The highest BCUT2D eigenvalue weighted by atomic mass is 16.5. The van der Waals surface area contributed by atoms with Crippen molar-refractivity contribution < 1.29 is 9.53 Å². The fourth-order valence-electron chi connectivity index (χ4n) is 4.40. The predicted molar refractivity (Wildman–Crippen MR) is 100 cm³/mol. The third kappa shape index (κ3) is 3.22. The first-order valence-electron chi connectivity index (χ1n) is 9.81. The third-order valence-corrected chi connectivity index (χ3v) is 5.65. The molecular formula is C21H27N3O2. The molecule has 2 aliphatic rings. The van der Waals surface area contributed by atoms with Gasteiger partial charge in [-0.05, 0) is 44.2 Å². The van der Waals surface area contributed by atoms with Crippen LogP contribution >= 0.6 is 0 Å². The Hall–Kier alpha value is -2.30. The van der Waals surface area contributed by atoms with E-state index in [9.17, 15) is 4.79 Å². The summed E-state index contributed by atoms with van der Waals surface area (Å²) in [6.07, 6.45) is 9.31. The van der Waals surface area contributed by atoms with Crippen molar-refractivity contribution in [1.82, 2.24) is 15.1 Å². The molecule has 1 aliphatic carbocycles. The Labute approximate surface area is 154 Å². The van der Waals surface area contributed by atoms with Gasteiger partial charge in [0.1, 0.15) is 17.0 Å². The van der Waals surface area contributed by atoms with E-state index < -0.39 is 0 Å². The fourth-order valence-corrected chi connectivity index (χ4v) is 4.40. The van der Waals surface area contributed by atoms with Crippen molar-refractivity contribution in [2.45, 2.75) is 70.1 Å². The largest absolute Gasteiger partial charge is 0.487 e. The molecule has 1 spiro atoms. The second-order valence-corrected chi connectivity index (χ2v) is 7.55. The van der Waals surface area contributed by atoms with Crippen LogP contribution in [0.1, 0.15) is 74.0 Å². The lowest BCUT2D eigenvalue weighted by atomic mass is 9.77. The van der Waals surface area contributed by atoms with E-state index in [-0.39, 0.29) is 17.6 Å². The van der Waals surface area contributed by atoms with Crippen LogP contribution in [0.5, 0.6) is 5.75 Å². The Morgan fingerprint density at radius 1 is 1.27 bits per heavy atom. The summed E-state index contributed by atoms with van der Waals surface area (Å²) in [6.45, 7) is 2.84. The molecule has 5 heteroatoms. The van der Waals surface area contributed by atoms with Crippen LogP contribution in [0.4, 0.5) is 0 Å². The van der Waals surface area contributed by atoms with Crippen molar-refractivity contribution in [3.63, 3.8) is 0 Å². The van der Waals surface area contributed by atoms with Crippen molar-refractivity contribution in [2.75, 3.05) is 0 Å².